The Bertz CT molecular complexity index is 921. The Balaban J connectivity index is 2.50. The molecule has 0 saturated carbocycles. The van der Waals surface area contributed by atoms with Gasteiger partial charge in [0, 0.05) is 22.5 Å². The average molecular weight is 500 g/mol. The first-order valence-electron chi connectivity index (χ1n) is 11.0. The van der Waals surface area contributed by atoms with Crippen LogP contribution in [0.2, 0.25) is 0 Å². The van der Waals surface area contributed by atoms with E-state index >= 15 is 0 Å². The summed E-state index contributed by atoms with van der Waals surface area (Å²) < 4.78 is 6.80. The lowest BCUT2D eigenvalue weighted by molar-refractivity contribution is 0.102. The quantitative estimate of drug-likeness (QED) is 0.304. The summed E-state index contributed by atoms with van der Waals surface area (Å²) in [4.78, 5) is 14.7. The second-order valence-corrected chi connectivity index (χ2v) is 9.60. The molecule has 1 N–H and O–H groups in total. The molecule has 0 aliphatic carbocycles. The van der Waals surface area contributed by atoms with Crippen molar-refractivity contribution in [3.8, 4) is 0 Å². The maximum Gasteiger partial charge on any atom is 0.415 e. The SMILES string of the molecule is CC(C)=C/C(=C/[C@H](c1ccccc1)[C@H](O)c1ccc(Br)cc1)OC(=O)N(C(C)C)C(C)C. The lowest BCUT2D eigenvalue weighted by atomic mass is 9.88. The van der Waals surface area contributed by atoms with E-state index in [9.17, 15) is 9.90 Å². The van der Waals surface area contributed by atoms with Crippen LogP contribution in [0.5, 0.6) is 0 Å². The van der Waals surface area contributed by atoms with Crippen LogP contribution >= 0.6 is 15.9 Å². The van der Waals surface area contributed by atoms with Gasteiger partial charge < -0.3 is 14.7 Å². The van der Waals surface area contributed by atoms with Crippen LogP contribution in [0, 0.1) is 0 Å². The smallest absolute Gasteiger partial charge is 0.411 e. The van der Waals surface area contributed by atoms with Crippen LogP contribution in [0.3, 0.4) is 0 Å². The molecule has 32 heavy (non-hydrogen) atoms. The van der Waals surface area contributed by atoms with E-state index in [0.29, 0.717) is 5.76 Å². The molecule has 0 aliphatic rings. The number of carbonyl (C=O) groups excluding carboxylic acids is 1. The molecule has 2 rings (SSSR count). The van der Waals surface area contributed by atoms with Crippen LogP contribution in [0.15, 0.2) is 82.6 Å². The normalized spacial score (nSPS) is 13.6. The third-order valence-corrected chi connectivity index (χ3v) is 5.57. The molecule has 0 spiro atoms. The molecular formula is C27H34BrNO3. The number of nitrogens with zero attached hydrogens (tertiary/aromatic N) is 1. The van der Waals surface area contributed by atoms with E-state index in [4.69, 9.17) is 4.74 Å². The number of carbonyl (C=O) groups is 1. The molecule has 2 aromatic carbocycles. The summed E-state index contributed by atoms with van der Waals surface area (Å²) in [6.45, 7) is 11.8. The van der Waals surface area contributed by atoms with Gasteiger partial charge in [-0.05, 0) is 77.0 Å². The van der Waals surface area contributed by atoms with Gasteiger partial charge in [0.05, 0.1) is 6.10 Å². The van der Waals surface area contributed by atoms with E-state index in [1.165, 1.54) is 0 Å². The molecule has 0 radical (unpaired) electrons. The molecule has 0 aromatic heterocycles. The van der Waals surface area contributed by atoms with Crippen LogP contribution in [0.25, 0.3) is 0 Å². The molecule has 0 fully saturated rings. The number of ether oxygens (including phenoxy) is 1. The fraction of sp³-hybridized carbons (Fsp3) is 0.370. The monoisotopic (exact) mass is 499 g/mol. The van der Waals surface area contributed by atoms with E-state index < -0.39 is 18.1 Å². The van der Waals surface area contributed by atoms with Crippen molar-refractivity contribution in [1.82, 2.24) is 4.90 Å². The summed E-state index contributed by atoms with van der Waals surface area (Å²) in [5.41, 5.74) is 2.71. The second kappa shape index (κ2) is 12.0. The van der Waals surface area contributed by atoms with Crippen LogP contribution < -0.4 is 0 Å². The predicted octanol–water partition coefficient (Wildman–Crippen LogP) is 7.37. The number of hydrogen-bond acceptors (Lipinski definition) is 3. The molecule has 4 nitrogen and oxygen atoms in total. The number of amides is 1. The number of benzene rings is 2. The van der Waals surface area contributed by atoms with Crippen molar-refractivity contribution in [2.24, 2.45) is 0 Å². The minimum Gasteiger partial charge on any atom is -0.411 e. The van der Waals surface area contributed by atoms with Crippen molar-refractivity contribution in [1.29, 1.82) is 0 Å². The minimum atomic E-state index is -0.809. The highest BCUT2D eigenvalue weighted by molar-refractivity contribution is 9.10. The van der Waals surface area contributed by atoms with Crippen molar-refractivity contribution in [2.45, 2.75) is 65.6 Å². The van der Waals surface area contributed by atoms with Crippen LogP contribution in [0.4, 0.5) is 4.79 Å². The van der Waals surface area contributed by atoms with Gasteiger partial charge in [-0.2, -0.15) is 0 Å². The zero-order chi connectivity index (χ0) is 23.8. The lowest BCUT2D eigenvalue weighted by Gasteiger charge is -2.30. The minimum absolute atomic E-state index is 0.00808. The van der Waals surface area contributed by atoms with Crippen LogP contribution in [-0.2, 0) is 4.74 Å². The number of hydrogen-bond donors (Lipinski definition) is 1. The van der Waals surface area contributed by atoms with Crippen molar-refractivity contribution in [2.75, 3.05) is 0 Å². The van der Waals surface area contributed by atoms with Gasteiger partial charge in [-0.1, -0.05) is 64.0 Å². The van der Waals surface area contributed by atoms with Crippen molar-refractivity contribution in [3.63, 3.8) is 0 Å². The summed E-state index contributed by atoms with van der Waals surface area (Å²) in [7, 11) is 0. The van der Waals surface area contributed by atoms with Gasteiger partial charge in [-0.3, -0.25) is 0 Å². The van der Waals surface area contributed by atoms with Gasteiger partial charge in [0.1, 0.15) is 5.76 Å². The molecule has 172 valence electrons. The first-order valence-corrected chi connectivity index (χ1v) is 11.7. The molecule has 1 amide bonds. The Hall–Kier alpha value is -2.37. The first kappa shape index (κ1) is 25.9. The fourth-order valence-corrected chi connectivity index (χ4v) is 3.92. The van der Waals surface area contributed by atoms with Gasteiger partial charge in [0.2, 0.25) is 0 Å². The Morgan fingerprint density at radius 3 is 2.00 bits per heavy atom. The van der Waals surface area contributed by atoms with E-state index in [-0.39, 0.29) is 12.1 Å². The molecule has 5 heteroatoms. The maximum atomic E-state index is 13.0. The van der Waals surface area contributed by atoms with Gasteiger partial charge in [-0.25, -0.2) is 4.79 Å². The van der Waals surface area contributed by atoms with Crippen molar-refractivity contribution < 1.29 is 14.6 Å². The number of rotatable bonds is 8. The first-order chi connectivity index (χ1) is 15.1. The number of halogens is 1. The standard InChI is InChI=1S/C27H34BrNO3/c1-18(2)16-24(32-27(31)29(19(3)4)20(5)6)17-25(21-10-8-7-9-11-21)26(30)22-12-14-23(28)15-13-22/h7-17,19-20,25-26,30H,1-6H3/b24-17-/t25-,26-/m1/s1. The molecule has 2 aromatic rings. The highest BCUT2D eigenvalue weighted by atomic mass is 79.9. The molecule has 2 atom stereocenters. The van der Waals surface area contributed by atoms with Gasteiger partial charge in [0.25, 0.3) is 0 Å². The molecule has 0 saturated heterocycles. The topological polar surface area (TPSA) is 49.8 Å². The fourth-order valence-electron chi connectivity index (χ4n) is 3.66. The highest BCUT2D eigenvalue weighted by Gasteiger charge is 2.25. The zero-order valence-corrected chi connectivity index (χ0v) is 21.3. The number of allylic oxidation sites excluding steroid dienone is 2. The van der Waals surface area contributed by atoms with Crippen molar-refractivity contribution in [3.05, 3.63) is 93.7 Å². The molecule has 0 heterocycles. The van der Waals surface area contributed by atoms with Crippen LogP contribution in [-0.4, -0.2) is 28.2 Å². The summed E-state index contributed by atoms with van der Waals surface area (Å²) in [5.74, 6) is 0.0219. The van der Waals surface area contributed by atoms with Gasteiger partial charge >= 0.3 is 6.09 Å². The van der Waals surface area contributed by atoms with Gasteiger partial charge in [0.15, 0.2) is 0 Å². The third-order valence-electron chi connectivity index (χ3n) is 5.04. The zero-order valence-electron chi connectivity index (χ0n) is 19.7. The molecule has 0 bridgehead atoms. The molecule has 0 unspecified atom stereocenters. The van der Waals surface area contributed by atoms with E-state index in [1.807, 2.05) is 108 Å². The molecule has 0 aliphatic heterocycles. The Morgan fingerprint density at radius 2 is 1.50 bits per heavy atom. The van der Waals surface area contributed by atoms with Gasteiger partial charge in [-0.15, -0.1) is 0 Å². The van der Waals surface area contributed by atoms with E-state index in [2.05, 4.69) is 15.9 Å². The Labute approximate surface area is 200 Å². The summed E-state index contributed by atoms with van der Waals surface area (Å²) in [6, 6.07) is 17.4. The Morgan fingerprint density at radius 1 is 0.938 bits per heavy atom. The lowest BCUT2D eigenvalue weighted by Crippen LogP contribution is -2.42. The summed E-state index contributed by atoms with van der Waals surface area (Å²) in [5, 5.41) is 11.3. The van der Waals surface area contributed by atoms with E-state index in [0.717, 1.165) is 21.2 Å². The number of aliphatic hydroxyl groups excluding tert-OH is 1. The summed E-state index contributed by atoms with van der Waals surface area (Å²) in [6.07, 6.45) is 2.46. The predicted molar refractivity (Wildman–Crippen MR) is 134 cm³/mol. The van der Waals surface area contributed by atoms with Crippen LogP contribution in [0.1, 0.15) is 64.7 Å². The summed E-state index contributed by atoms with van der Waals surface area (Å²) >= 11 is 3.44. The Kier molecular flexibility index (Phi) is 9.73. The van der Waals surface area contributed by atoms with E-state index in [1.54, 1.807) is 4.90 Å². The second-order valence-electron chi connectivity index (χ2n) is 8.69. The highest BCUT2D eigenvalue weighted by Crippen LogP contribution is 2.34. The van der Waals surface area contributed by atoms with Crippen molar-refractivity contribution >= 4 is 22.0 Å². The average Bonchev–Trinajstić information content (AvgIpc) is 2.71. The number of aliphatic hydroxyl groups is 1. The third kappa shape index (κ3) is 7.35. The largest absolute Gasteiger partial charge is 0.415 e. The molecular weight excluding hydrogens is 466 g/mol. The maximum absolute atomic E-state index is 13.0.